The van der Waals surface area contributed by atoms with Crippen molar-refractivity contribution in [2.45, 2.75) is 19.8 Å². The van der Waals surface area contributed by atoms with E-state index in [1.807, 2.05) is 30.0 Å². The van der Waals surface area contributed by atoms with Crippen molar-refractivity contribution in [2.24, 2.45) is 0 Å². The first kappa shape index (κ1) is 14.9. The van der Waals surface area contributed by atoms with E-state index in [0.717, 1.165) is 18.7 Å². The number of anilines is 1. The van der Waals surface area contributed by atoms with Crippen molar-refractivity contribution >= 4 is 23.4 Å². The van der Waals surface area contributed by atoms with Crippen LogP contribution < -0.4 is 10.6 Å². The molecule has 1 rings (SSSR count). The number of rotatable bonds is 7. The van der Waals surface area contributed by atoms with Gasteiger partial charge in [0.05, 0.1) is 0 Å². The van der Waals surface area contributed by atoms with Gasteiger partial charge < -0.3 is 10.6 Å². The van der Waals surface area contributed by atoms with Crippen LogP contribution in [0.25, 0.3) is 0 Å². The molecule has 0 heterocycles. The number of hydrogen-bond donors (Lipinski definition) is 2. The molecule has 4 heteroatoms. The highest BCUT2D eigenvalue weighted by Gasteiger charge is 2.05. The molecule has 0 spiro atoms. The number of hydrogen-bond acceptors (Lipinski definition) is 3. The van der Waals surface area contributed by atoms with Crippen LogP contribution in [-0.2, 0) is 0 Å². The number of aryl methyl sites for hydroxylation is 1. The molecule has 1 aromatic rings. The molecule has 1 amide bonds. The van der Waals surface area contributed by atoms with Crippen LogP contribution in [0, 0.1) is 6.92 Å². The Balaban J connectivity index is 2.56. The molecule has 100 valence electrons. The van der Waals surface area contributed by atoms with Gasteiger partial charge in [0.2, 0.25) is 0 Å². The number of benzene rings is 1. The molecule has 2 N–H and O–H groups in total. The van der Waals surface area contributed by atoms with Gasteiger partial charge in [0.1, 0.15) is 0 Å². The van der Waals surface area contributed by atoms with E-state index in [2.05, 4.69) is 23.8 Å². The Morgan fingerprint density at radius 1 is 1.33 bits per heavy atom. The van der Waals surface area contributed by atoms with Gasteiger partial charge in [0.15, 0.2) is 0 Å². The molecule has 0 radical (unpaired) electrons. The van der Waals surface area contributed by atoms with Crippen molar-refractivity contribution < 1.29 is 4.79 Å². The summed E-state index contributed by atoms with van der Waals surface area (Å²) in [5, 5.41) is 6.04. The zero-order chi connectivity index (χ0) is 13.4. The fraction of sp³-hybridized carbons (Fsp3) is 0.500. The van der Waals surface area contributed by atoms with Crippen LogP contribution in [0.4, 0.5) is 5.69 Å². The van der Waals surface area contributed by atoms with Gasteiger partial charge >= 0.3 is 0 Å². The van der Waals surface area contributed by atoms with E-state index in [0.29, 0.717) is 5.56 Å². The van der Waals surface area contributed by atoms with E-state index in [9.17, 15) is 4.79 Å². The zero-order valence-corrected chi connectivity index (χ0v) is 12.2. The monoisotopic (exact) mass is 266 g/mol. The van der Waals surface area contributed by atoms with Crippen LogP contribution in [0.5, 0.6) is 0 Å². The summed E-state index contributed by atoms with van der Waals surface area (Å²) in [5.41, 5.74) is 2.93. The third kappa shape index (κ3) is 4.61. The summed E-state index contributed by atoms with van der Waals surface area (Å²) in [4.78, 5) is 11.6. The van der Waals surface area contributed by atoms with Gasteiger partial charge in [-0.1, -0.05) is 6.07 Å². The lowest BCUT2D eigenvalue weighted by molar-refractivity contribution is 0.0963. The molecule has 0 saturated carbocycles. The van der Waals surface area contributed by atoms with Gasteiger partial charge in [-0.3, -0.25) is 4.79 Å². The van der Waals surface area contributed by atoms with Gasteiger partial charge in [0.25, 0.3) is 5.91 Å². The maximum atomic E-state index is 11.6. The average molecular weight is 266 g/mol. The predicted octanol–water partition coefficient (Wildman–Crippen LogP) is 2.91. The highest BCUT2D eigenvalue weighted by atomic mass is 32.2. The van der Waals surface area contributed by atoms with E-state index in [1.165, 1.54) is 17.7 Å². The van der Waals surface area contributed by atoms with Crippen molar-refractivity contribution in [3.63, 3.8) is 0 Å². The first-order valence-electron chi connectivity index (χ1n) is 6.24. The Hall–Kier alpha value is -1.16. The zero-order valence-electron chi connectivity index (χ0n) is 11.4. The van der Waals surface area contributed by atoms with Crippen molar-refractivity contribution in [3.8, 4) is 0 Å². The van der Waals surface area contributed by atoms with Gasteiger partial charge in [-0.05, 0) is 49.5 Å². The van der Waals surface area contributed by atoms with Crippen LogP contribution >= 0.6 is 11.8 Å². The van der Waals surface area contributed by atoms with Gasteiger partial charge in [0, 0.05) is 24.8 Å². The maximum absolute atomic E-state index is 11.6. The number of carbonyl (C=O) groups is 1. The SMILES string of the molecule is CNC(=O)c1ccc(C)c(NCCCCSC)c1. The maximum Gasteiger partial charge on any atom is 0.251 e. The molecule has 3 nitrogen and oxygen atoms in total. The topological polar surface area (TPSA) is 41.1 Å². The second-order valence-electron chi connectivity index (χ2n) is 4.24. The first-order valence-corrected chi connectivity index (χ1v) is 7.64. The highest BCUT2D eigenvalue weighted by Crippen LogP contribution is 2.17. The molecule has 0 fully saturated rings. The molecule has 0 unspecified atom stereocenters. The molecular weight excluding hydrogens is 244 g/mol. The van der Waals surface area contributed by atoms with E-state index in [-0.39, 0.29) is 5.91 Å². The van der Waals surface area contributed by atoms with Crippen LogP contribution in [0.1, 0.15) is 28.8 Å². The molecule has 0 bridgehead atoms. The molecule has 1 aromatic carbocycles. The first-order chi connectivity index (χ1) is 8.69. The fourth-order valence-corrected chi connectivity index (χ4v) is 2.19. The van der Waals surface area contributed by atoms with Crippen LogP contribution in [0.3, 0.4) is 0 Å². The summed E-state index contributed by atoms with van der Waals surface area (Å²) in [6.07, 6.45) is 4.51. The van der Waals surface area contributed by atoms with Gasteiger partial charge in [-0.15, -0.1) is 0 Å². The molecule has 0 aromatic heterocycles. The summed E-state index contributed by atoms with van der Waals surface area (Å²) in [5.74, 6) is 1.17. The van der Waals surface area contributed by atoms with Gasteiger partial charge in [-0.25, -0.2) is 0 Å². The summed E-state index contributed by atoms with van der Waals surface area (Å²) in [6.45, 7) is 3.01. The molecule has 0 saturated heterocycles. The van der Waals surface area contributed by atoms with E-state index >= 15 is 0 Å². The van der Waals surface area contributed by atoms with Crippen LogP contribution in [-0.4, -0.2) is 31.5 Å². The van der Waals surface area contributed by atoms with Crippen molar-refractivity contribution in [1.82, 2.24) is 5.32 Å². The number of amides is 1. The van der Waals surface area contributed by atoms with Crippen molar-refractivity contribution in [3.05, 3.63) is 29.3 Å². The van der Waals surface area contributed by atoms with Crippen LogP contribution in [0.15, 0.2) is 18.2 Å². The molecule has 0 aliphatic rings. The average Bonchev–Trinajstić information content (AvgIpc) is 2.39. The predicted molar refractivity (Wildman–Crippen MR) is 80.7 cm³/mol. The minimum Gasteiger partial charge on any atom is -0.385 e. The number of unbranched alkanes of at least 4 members (excludes halogenated alkanes) is 1. The Morgan fingerprint density at radius 3 is 2.78 bits per heavy atom. The Morgan fingerprint density at radius 2 is 2.11 bits per heavy atom. The smallest absolute Gasteiger partial charge is 0.251 e. The number of nitrogens with one attached hydrogen (secondary N) is 2. The summed E-state index contributed by atoms with van der Waals surface area (Å²) < 4.78 is 0. The molecule has 0 atom stereocenters. The largest absolute Gasteiger partial charge is 0.385 e. The highest BCUT2D eigenvalue weighted by molar-refractivity contribution is 7.98. The Kier molecular flexibility index (Phi) is 6.65. The lowest BCUT2D eigenvalue weighted by Gasteiger charge is -2.11. The summed E-state index contributed by atoms with van der Waals surface area (Å²) in [7, 11) is 1.65. The second kappa shape index (κ2) is 8.03. The normalized spacial score (nSPS) is 10.2. The van der Waals surface area contributed by atoms with Crippen molar-refractivity contribution in [1.29, 1.82) is 0 Å². The third-order valence-electron chi connectivity index (χ3n) is 2.82. The molecule has 18 heavy (non-hydrogen) atoms. The minimum atomic E-state index is -0.0413. The summed E-state index contributed by atoms with van der Waals surface area (Å²) in [6, 6.07) is 5.75. The minimum absolute atomic E-state index is 0.0413. The Bertz CT molecular complexity index is 393. The molecular formula is C14H22N2OS. The standard InChI is InChI=1S/C14H22N2OS/c1-11-6-7-12(14(17)15-2)10-13(11)16-8-4-5-9-18-3/h6-7,10,16H,4-5,8-9H2,1-3H3,(H,15,17). The molecule has 0 aliphatic heterocycles. The quantitative estimate of drug-likeness (QED) is 0.746. The summed E-state index contributed by atoms with van der Waals surface area (Å²) >= 11 is 1.88. The number of thioether (sulfide) groups is 1. The Labute approximate surface area is 114 Å². The fourth-order valence-electron chi connectivity index (χ4n) is 1.69. The van der Waals surface area contributed by atoms with Crippen molar-refractivity contribution in [2.75, 3.05) is 30.9 Å². The lowest BCUT2D eigenvalue weighted by atomic mass is 10.1. The van der Waals surface area contributed by atoms with E-state index in [4.69, 9.17) is 0 Å². The van der Waals surface area contributed by atoms with E-state index in [1.54, 1.807) is 7.05 Å². The van der Waals surface area contributed by atoms with E-state index < -0.39 is 0 Å². The number of carbonyl (C=O) groups excluding carboxylic acids is 1. The second-order valence-corrected chi connectivity index (χ2v) is 5.22. The van der Waals surface area contributed by atoms with Gasteiger partial charge in [-0.2, -0.15) is 11.8 Å². The van der Waals surface area contributed by atoms with Crippen LogP contribution in [0.2, 0.25) is 0 Å². The lowest BCUT2D eigenvalue weighted by Crippen LogP contribution is -2.18. The third-order valence-corrected chi connectivity index (χ3v) is 3.51. The molecule has 0 aliphatic carbocycles.